The lowest BCUT2D eigenvalue weighted by molar-refractivity contribution is -0.144. The van der Waals surface area contributed by atoms with Crippen molar-refractivity contribution in [1.29, 1.82) is 0 Å². The minimum absolute atomic E-state index is 0.333. The molecule has 21 heavy (non-hydrogen) atoms. The summed E-state index contributed by atoms with van der Waals surface area (Å²) in [5, 5.41) is 2.11. The molecule has 1 saturated heterocycles. The first-order valence-electron chi connectivity index (χ1n) is 6.79. The third-order valence-electron chi connectivity index (χ3n) is 3.48. The highest BCUT2D eigenvalue weighted by molar-refractivity contribution is 6.39. The second-order valence-corrected chi connectivity index (χ2v) is 4.80. The van der Waals surface area contributed by atoms with Crippen molar-refractivity contribution in [2.45, 2.75) is 6.92 Å². The van der Waals surface area contributed by atoms with Gasteiger partial charge in [-0.15, -0.1) is 0 Å². The Kier molecular flexibility index (Phi) is 4.85. The van der Waals surface area contributed by atoms with Gasteiger partial charge in [0.1, 0.15) is 11.6 Å². The van der Waals surface area contributed by atoms with Crippen LogP contribution in [-0.4, -0.2) is 54.3 Å². The summed E-state index contributed by atoms with van der Waals surface area (Å²) in [5.41, 5.74) is -0.333. The second-order valence-electron chi connectivity index (χ2n) is 4.80. The van der Waals surface area contributed by atoms with Gasteiger partial charge in [0.25, 0.3) is 0 Å². The van der Waals surface area contributed by atoms with E-state index in [9.17, 15) is 18.4 Å². The Labute approximate surface area is 121 Å². The standard InChI is InChI=1S/C14H17F2N3O2/c1-2-18-5-7-19(8-6-18)14(21)13(20)17-12-9-10(15)3-4-11(12)16/h3-4,9H,2,5-8H2,1H3,(H,17,20). The average Bonchev–Trinajstić information content (AvgIpc) is 2.50. The van der Waals surface area contributed by atoms with Crippen molar-refractivity contribution in [2.24, 2.45) is 0 Å². The zero-order valence-corrected chi connectivity index (χ0v) is 11.7. The monoisotopic (exact) mass is 297 g/mol. The summed E-state index contributed by atoms with van der Waals surface area (Å²) in [5.74, 6) is -3.15. The van der Waals surface area contributed by atoms with Crippen LogP contribution in [0.3, 0.4) is 0 Å². The molecule has 1 aliphatic rings. The van der Waals surface area contributed by atoms with Gasteiger partial charge in [-0.25, -0.2) is 8.78 Å². The number of hydrogen-bond donors (Lipinski definition) is 1. The normalized spacial score (nSPS) is 15.9. The van der Waals surface area contributed by atoms with Crippen LogP contribution < -0.4 is 5.32 Å². The zero-order valence-electron chi connectivity index (χ0n) is 11.7. The van der Waals surface area contributed by atoms with E-state index >= 15 is 0 Å². The number of hydrogen-bond acceptors (Lipinski definition) is 3. The first kappa shape index (κ1) is 15.4. The molecule has 5 nitrogen and oxygen atoms in total. The maximum Gasteiger partial charge on any atom is 0.313 e. The molecule has 7 heteroatoms. The number of likely N-dealkylation sites (N-methyl/N-ethyl adjacent to an activating group) is 1. The molecule has 1 aliphatic heterocycles. The average molecular weight is 297 g/mol. The largest absolute Gasteiger partial charge is 0.332 e. The number of rotatable bonds is 2. The highest BCUT2D eigenvalue weighted by atomic mass is 19.1. The molecule has 0 atom stereocenters. The van der Waals surface area contributed by atoms with Crippen LogP contribution >= 0.6 is 0 Å². The number of piperazine rings is 1. The number of anilines is 1. The minimum atomic E-state index is -0.954. The van der Waals surface area contributed by atoms with Crippen LogP contribution in [0.2, 0.25) is 0 Å². The Balaban J connectivity index is 1.97. The molecule has 1 heterocycles. The van der Waals surface area contributed by atoms with E-state index in [1.54, 1.807) is 0 Å². The SMILES string of the molecule is CCN1CCN(C(=O)C(=O)Nc2cc(F)ccc2F)CC1. The van der Waals surface area contributed by atoms with Gasteiger partial charge in [-0.3, -0.25) is 9.59 Å². The van der Waals surface area contributed by atoms with Gasteiger partial charge in [0, 0.05) is 32.2 Å². The van der Waals surface area contributed by atoms with Gasteiger partial charge in [-0.2, -0.15) is 0 Å². The molecular weight excluding hydrogens is 280 g/mol. The van der Waals surface area contributed by atoms with Crippen LogP contribution in [0.5, 0.6) is 0 Å². The van der Waals surface area contributed by atoms with E-state index in [0.717, 1.165) is 24.7 Å². The molecule has 0 unspecified atom stereocenters. The lowest BCUT2D eigenvalue weighted by Gasteiger charge is -2.33. The maximum absolute atomic E-state index is 13.4. The molecule has 0 aromatic heterocycles. The topological polar surface area (TPSA) is 52.7 Å². The van der Waals surface area contributed by atoms with Crippen LogP contribution in [-0.2, 0) is 9.59 Å². The van der Waals surface area contributed by atoms with E-state index in [2.05, 4.69) is 10.2 Å². The number of amides is 2. The zero-order chi connectivity index (χ0) is 15.4. The number of carbonyl (C=O) groups excluding carboxylic acids is 2. The van der Waals surface area contributed by atoms with Crippen molar-refractivity contribution in [1.82, 2.24) is 9.80 Å². The van der Waals surface area contributed by atoms with Crippen molar-refractivity contribution in [3.8, 4) is 0 Å². The fraction of sp³-hybridized carbons (Fsp3) is 0.429. The van der Waals surface area contributed by atoms with E-state index in [4.69, 9.17) is 0 Å². The van der Waals surface area contributed by atoms with Gasteiger partial charge >= 0.3 is 11.8 Å². The number of nitrogens with zero attached hydrogens (tertiary/aromatic N) is 2. The van der Waals surface area contributed by atoms with Gasteiger partial charge in [0.05, 0.1) is 5.69 Å². The van der Waals surface area contributed by atoms with Crippen LogP contribution in [0, 0.1) is 11.6 Å². The molecule has 0 aliphatic carbocycles. The second kappa shape index (κ2) is 6.62. The molecule has 0 radical (unpaired) electrons. The Morgan fingerprint density at radius 1 is 1.19 bits per heavy atom. The fourth-order valence-corrected chi connectivity index (χ4v) is 2.18. The summed E-state index contributed by atoms with van der Waals surface area (Å²) >= 11 is 0. The molecule has 1 fully saturated rings. The Hall–Kier alpha value is -2.02. The molecule has 114 valence electrons. The highest BCUT2D eigenvalue weighted by Crippen LogP contribution is 2.15. The molecule has 2 rings (SSSR count). The number of benzene rings is 1. The Morgan fingerprint density at radius 3 is 2.48 bits per heavy atom. The molecule has 0 spiro atoms. The third-order valence-corrected chi connectivity index (χ3v) is 3.48. The van der Waals surface area contributed by atoms with Gasteiger partial charge in [-0.1, -0.05) is 6.92 Å². The van der Waals surface area contributed by atoms with Crippen LogP contribution in [0.25, 0.3) is 0 Å². The lowest BCUT2D eigenvalue weighted by atomic mass is 10.2. The van der Waals surface area contributed by atoms with Crippen molar-refractivity contribution in [3.63, 3.8) is 0 Å². The van der Waals surface area contributed by atoms with E-state index in [1.807, 2.05) is 6.92 Å². The molecule has 2 amide bonds. The van der Waals surface area contributed by atoms with Crippen molar-refractivity contribution in [2.75, 3.05) is 38.0 Å². The van der Waals surface area contributed by atoms with Gasteiger partial charge < -0.3 is 15.1 Å². The fourth-order valence-electron chi connectivity index (χ4n) is 2.18. The lowest BCUT2D eigenvalue weighted by Crippen LogP contribution is -2.51. The van der Waals surface area contributed by atoms with E-state index in [1.165, 1.54) is 4.90 Å². The number of halogens is 2. The van der Waals surface area contributed by atoms with Gasteiger partial charge in [-0.05, 0) is 18.7 Å². The van der Waals surface area contributed by atoms with Crippen molar-refractivity contribution < 1.29 is 18.4 Å². The van der Waals surface area contributed by atoms with Crippen LogP contribution in [0.15, 0.2) is 18.2 Å². The molecule has 0 bridgehead atoms. The maximum atomic E-state index is 13.4. The first-order chi connectivity index (χ1) is 10.0. The van der Waals surface area contributed by atoms with Crippen molar-refractivity contribution in [3.05, 3.63) is 29.8 Å². The predicted molar refractivity (Wildman–Crippen MR) is 73.7 cm³/mol. The molecule has 1 N–H and O–H groups in total. The summed E-state index contributed by atoms with van der Waals surface area (Å²) in [4.78, 5) is 27.4. The molecule has 1 aromatic carbocycles. The Morgan fingerprint density at radius 2 is 1.86 bits per heavy atom. The van der Waals surface area contributed by atoms with Gasteiger partial charge in [0.2, 0.25) is 0 Å². The molecular formula is C14H17F2N3O2. The number of nitrogens with one attached hydrogen (secondary N) is 1. The summed E-state index contributed by atoms with van der Waals surface area (Å²) in [6, 6.07) is 2.68. The predicted octanol–water partition coefficient (Wildman–Crippen LogP) is 1.07. The van der Waals surface area contributed by atoms with E-state index in [0.29, 0.717) is 26.2 Å². The first-order valence-corrected chi connectivity index (χ1v) is 6.79. The summed E-state index contributed by atoms with van der Waals surface area (Å²) in [7, 11) is 0. The van der Waals surface area contributed by atoms with E-state index < -0.39 is 23.4 Å². The smallest absolute Gasteiger partial charge is 0.313 e. The van der Waals surface area contributed by atoms with Crippen LogP contribution in [0.1, 0.15) is 6.92 Å². The summed E-state index contributed by atoms with van der Waals surface area (Å²) in [6.45, 7) is 5.21. The highest BCUT2D eigenvalue weighted by Gasteiger charge is 2.26. The number of carbonyl (C=O) groups is 2. The summed E-state index contributed by atoms with van der Waals surface area (Å²) < 4.78 is 26.4. The molecule has 1 aromatic rings. The van der Waals surface area contributed by atoms with Crippen LogP contribution in [0.4, 0.5) is 14.5 Å². The Bertz CT molecular complexity index is 543. The van der Waals surface area contributed by atoms with E-state index in [-0.39, 0.29) is 5.69 Å². The van der Waals surface area contributed by atoms with Crippen molar-refractivity contribution >= 4 is 17.5 Å². The summed E-state index contributed by atoms with van der Waals surface area (Å²) in [6.07, 6.45) is 0. The minimum Gasteiger partial charge on any atom is -0.332 e. The third kappa shape index (κ3) is 3.75. The van der Waals surface area contributed by atoms with Gasteiger partial charge in [0.15, 0.2) is 0 Å². The molecule has 0 saturated carbocycles. The quantitative estimate of drug-likeness (QED) is 0.831.